The first-order chi connectivity index (χ1) is 13.8. The average molecular weight is 414 g/mol. The van der Waals surface area contributed by atoms with E-state index in [2.05, 4.69) is 20.4 Å². The van der Waals surface area contributed by atoms with Crippen LogP contribution in [0.5, 0.6) is 0 Å². The van der Waals surface area contributed by atoms with Gasteiger partial charge in [0, 0.05) is 55.5 Å². The molecule has 1 aliphatic rings. The Morgan fingerprint density at radius 1 is 1.21 bits per heavy atom. The van der Waals surface area contributed by atoms with E-state index in [4.69, 9.17) is 0 Å². The van der Waals surface area contributed by atoms with Gasteiger partial charge < -0.3 is 5.32 Å². The fraction of sp³-hybridized carbons (Fsp3) is 0.368. The Hall–Kier alpha value is -2.85. The van der Waals surface area contributed by atoms with Gasteiger partial charge in [0.05, 0.1) is 23.7 Å². The van der Waals surface area contributed by atoms with E-state index in [9.17, 15) is 13.2 Å². The molecule has 0 radical (unpaired) electrons. The van der Waals surface area contributed by atoms with Crippen molar-refractivity contribution in [3.63, 3.8) is 0 Å². The lowest BCUT2D eigenvalue weighted by Crippen LogP contribution is -2.40. The lowest BCUT2D eigenvalue weighted by molar-refractivity contribution is -0.120. The van der Waals surface area contributed by atoms with Gasteiger partial charge in [-0.1, -0.05) is 0 Å². The predicted octanol–water partition coefficient (Wildman–Crippen LogP) is 1.64. The number of piperidine rings is 1. The molecular weight excluding hydrogens is 392 g/mol. The molecule has 0 aromatic carbocycles. The molecule has 1 N–H and O–H groups in total. The molecule has 1 aliphatic heterocycles. The molecule has 10 heteroatoms. The summed E-state index contributed by atoms with van der Waals surface area (Å²) in [6.45, 7) is 0.718. The number of nitrogens with zero attached hydrogens (tertiary/aromatic N) is 5. The van der Waals surface area contributed by atoms with E-state index < -0.39 is 10.0 Å². The van der Waals surface area contributed by atoms with Crippen molar-refractivity contribution in [1.29, 1.82) is 0 Å². The Labute approximate surface area is 168 Å². The van der Waals surface area contributed by atoms with Crippen molar-refractivity contribution < 1.29 is 13.2 Å². The van der Waals surface area contributed by atoms with Crippen LogP contribution < -0.4 is 5.32 Å². The highest BCUT2D eigenvalue weighted by Gasteiger charge is 2.29. The zero-order valence-corrected chi connectivity index (χ0v) is 17.1. The Morgan fingerprint density at radius 3 is 2.62 bits per heavy atom. The number of sulfonamides is 1. The fourth-order valence-electron chi connectivity index (χ4n) is 3.48. The summed E-state index contributed by atoms with van der Waals surface area (Å²) >= 11 is 0. The number of hydrogen-bond donors (Lipinski definition) is 1. The van der Waals surface area contributed by atoms with Crippen molar-refractivity contribution in [3.05, 3.63) is 36.8 Å². The molecule has 4 heterocycles. The SMILES string of the molecule is Cn1cc(-c2ccc3cnc(NC(=O)C4CCN(S(C)(=O)=O)CC4)cc3n2)cn1. The summed E-state index contributed by atoms with van der Waals surface area (Å²) in [6.07, 6.45) is 7.50. The molecule has 152 valence electrons. The molecule has 9 nitrogen and oxygen atoms in total. The maximum Gasteiger partial charge on any atom is 0.228 e. The largest absolute Gasteiger partial charge is 0.310 e. The van der Waals surface area contributed by atoms with Crippen molar-refractivity contribution in [2.24, 2.45) is 13.0 Å². The fourth-order valence-corrected chi connectivity index (χ4v) is 4.35. The number of aryl methyl sites for hydroxylation is 1. The van der Waals surface area contributed by atoms with Crippen LogP contribution >= 0.6 is 0 Å². The molecule has 1 amide bonds. The Morgan fingerprint density at radius 2 is 1.97 bits per heavy atom. The molecule has 29 heavy (non-hydrogen) atoms. The first kappa shape index (κ1) is 19.5. The van der Waals surface area contributed by atoms with Gasteiger partial charge in [-0.15, -0.1) is 0 Å². The number of fused-ring (bicyclic) bond motifs is 1. The molecule has 0 aliphatic carbocycles. The van der Waals surface area contributed by atoms with Gasteiger partial charge in [-0.25, -0.2) is 22.7 Å². The second-order valence-corrected chi connectivity index (χ2v) is 9.27. The number of carbonyl (C=O) groups is 1. The second kappa shape index (κ2) is 7.53. The van der Waals surface area contributed by atoms with Gasteiger partial charge in [-0.05, 0) is 25.0 Å². The number of hydrogen-bond acceptors (Lipinski definition) is 6. The molecule has 0 spiro atoms. The van der Waals surface area contributed by atoms with Gasteiger partial charge in [0.25, 0.3) is 0 Å². The van der Waals surface area contributed by atoms with Gasteiger partial charge >= 0.3 is 0 Å². The van der Waals surface area contributed by atoms with Crippen LogP contribution in [0, 0.1) is 5.92 Å². The number of anilines is 1. The Bertz CT molecular complexity index is 1170. The van der Waals surface area contributed by atoms with Gasteiger partial charge in [0.15, 0.2) is 0 Å². The van der Waals surface area contributed by atoms with Gasteiger partial charge in [-0.2, -0.15) is 5.10 Å². The third-order valence-electron chi connectivity index (χ3n) is 5.12. The van der Waals surface area contributed by atoms with Crippen LogP contribution in [0.25, 0.3) is 22.2 Å². The van der Waals surface area contributed by atoms with Crippen molar-refractivity contribution in [2.45, 2.75) is 12.8 Å². The van der Waals surface area contributed by atoms with Crippen LogP contribution in [0.15, 0.2) is 36.8 Å². The summed E-state index contributed by atoms with van der Waals surface area (Å²) in [7, 11) is -1.36. The quantitative estimate of drug-likeness (QED) is 0.695. The van der Waals surface area contributed by atoms with E-state index in [0.29, 0.717) is 31.7 Å². The molecule has 0 bridgehead atoms. The molecule has 0 saturated carbocycles. The molecule has 1 saturated heterocycles. The van der Waals surface area contributed by atoms with E-state index in [0.717, 1.165) is 22.2 Å². The molecule has 3 aromatic heterocycles. The summed E-state index contributed by atoms with van der Waals surface area (Å²) in [5, 5.41) is 7.89. The first-order valence-electron chi connectivity index (χ1n) is 9.31. The minimum Gasteiger partial charge on any atom is -0.310 e. The monoisotopic (exact) mass is 414 g/mol. The van der Waals surface area contributed by atoms with E-state index in [-0.39, 0.29) is 11.8 Å². The standard InChI is InChI=1S/C19H22N6O3S/c1-24-12-15(11-21-24)16-4-3-14-10-20-18(9-17(14)22-16)23-19(26)13-5-7-25(8-6-13)29(2,27)28/h3-4,9-13H,5-8H2,1-2H3,(H,20,23,26). The van der Waals surface area contributed by atoms with E-state index in [1.54, 1.807) is 23.1 Å². The second-order valence-electron chi connectivity index (χ2n) is 7.29. The lowest BCUT2D eigenvalue weighted by Gasteiger charge is -2.29. The van der Waals surface area contributed by atoms with Crippen molar-refractivity contribution in [3.8, 4) is 11.3 Å². The zero-order valence-electron chi connectivity index (χ0n) is 16.2. The number of aromatic nitrogens is 4. The summed E-state index contributed by atoms with van der Waals surface area (Å²) < 4.78 is 26.4. The smallest absolute Gasteiger partial charge is 0.228 e. The van der Waals surface area contributed by atoms with Crippen LogP contribution in [0.4, 0.5) is 5.82 Å². The zero-order chi connectivity index (χ0) is 20.6. The highest BCUT2D eigenvalue weighted by Crippen LogP contribution is 2.23. The van der Waals surface area contributed by atoms with Crippen LogP contribution in [-0.4, -0.2) is 57.7 Å². The minimum absolute atomic E-state index is 0.145. The summed E-state index contributed by atoms with van der Waals surface area (Å²) in [4.78, 5) is 21.6. The topological polar surface area (TPSA) is 110 Å². The molecule has 0 atom stereocenters. The van der Waals surface area contributed by atoms with Gasteiger partial charge in [-0.3, -0.25) is 9.48 Å². The summed E-state index contributed by atoms with van der Waals surface area (Å²) in [5.74, 6) is 0.0532. The average Bonchev–Trinajstić information content (AvgIpc) is 3.13. The summed E-state index contributed by atoms with van der Waals surface area (Å²) in [6, 6.07) is 5.59. The maximum atomic E-state index is 12.6. The van der Waals surface area contributed by atoms with Crippen molar-refractivity contribution >= 4 is 32.7 Å². The minimum atomic E-state index is -3.21. The van der Waals surface area contributed by atoms with Crippen LogP contribution in [0.3, 0.4) is 0 Å². The highest BCUT2D eigenvalue weighted by atomic mass is 32.2. The lowest BCUT2D eigenvalue weighted by atomic mass is 9.97. The summed E-state index contributed by atoms with van der Waals surface area (Å²) in [5.41, 5.74) is 2.43. The normalized spacial score (nSPS) is 16.2. The number of amides is 1. The third-order valence-corrected chi connectivity index (χ3v) is 6.42. The van der Waals surface area contributed by atoms with Crippen LogP contribution in [-0.2, 0) is 21.9 Å². The van der Waals surface area contributed by atoms with E-state index in [1.807, 2.05) is 25.4 Å². The van der Waals surface area contributed by atoms with Crippen molar-refractivity contribution in [1.82, 2.24) is 24.1 Å². The van der Waals surface area contributed by atoms with E-state index >= 15 is 0 Å². The number of carbonyl (C=O) groups excluding carboxylic acids is 1. The van der Waals surface area contributed by atoms with Crippen LogP contribution in [0.1, 0.15) is 12.8 Å². The van der Waals surface area contributed by atoms with Crippen molar-refractivity contribution in [2.75, 3.05) is 24.7 Å². The maximum absolute atomic E-state index is 12.6. The van der Waals surface area contributed by atoms with Gasteiger partial charge in [0.2, 0.25) is 15.9 Å². The molecule has 1 fully saturated rings. The molecule has 3 aromatic rings. The van der Waals surface area contributed by atoms with E-state index in [1.165, 1.54) is 10.6 Å². The molecule has 4 rings (SSSR count). The third kappa shape index (κ3) is 4.28. The van der Waals surface area contributed by atoms with Gasteiger partial charge in [0.1, 0.15) is 5.82 Å². The number of nitrogens with one attached hydrogen (secondary N) is 1. The number of pyridine rings is 2. The highest BCUT2D eigenvalue weighted by molar-refractivity contribution is 7.88. The van der Waals surface area contributed by atoms with Crippen LogP contribution in [0.2, 0.25) is 0 Å². The Balaban J connectivity index is 1.48. The molecular formula is C19H22N6O3S. The predicted molar refractivity (Wildman–Crippen MR) is 110 cm³/mol. The molecule has 0 unspecified atom stereocenters. The number of rotatable bonds is 4. The first-order valence-corrected chi connectivity index (χ1v) is 11.2. The Kier molecular flexibility index (Phi) is 5.05.